The minimum absolute atomic E-state index is 0.366. The first kappa shape index (κ1) is 15.3. The smallest absolute Gasteiger partial charge is 0.0644 e. The summed E-state index contributed by atoms with van der Waals surface area (Å²) < 4.78 is 2.08. The number of nitrogens with one attached hydrogen (secondary N) is 1. The molecule has 0 amide bonds. The Labute approximate surface area is 126 Å². The van der Waals surface area contributed by atoms with Crippen LogP contribution >= 0.6 is 11.3 Å². The Morgan fingerprint density at radius 3 is 2.80 bits per heavy atom. The van der Waals surface area contributed by atoms with E-state index in [1.54, 1.807) is 0 Å². The maximum Gasteiger partial charge on any atom is 0.0644 e. The fourth-order valence-electron chi connectivity index (χ4n) is 2.40. The Bertz CT molecular complexity index is 529. The molecule has 20 heavy (non-hydrogen) atoms. The van der Waals surface area contributed by atoms with E-state index in [1.165, 1.54) is 16.1 Å². The standard InChI is InChI=1S/C16H25N3S/c1-5-12(3)19-9-7-14(18-19)11-15(17-4)16-13(6-2)8-10-20-16/h7-10,12,15,17H,5-6,11H2,1-4H3. The predicted molar refractivity (Wildman–Crippen MR) is 86.4 cm³/mol. The molecular weight excluding hydrogens is 266 g/mol. The van der Waals surface area contributed by atoms with Gasteiger partial charge in [-0.2, -0.15) is 5.10 Å². The lowest BCUT2D eigenvalue weighted by molar-refractivity contribution is 0.469. The number of hydrogen-bond donors (Lipinski definition) is 1. The minimum Gasteiger partial charge on any atom is -0.312 e. The fraction of sp³-hybridized carbons (Fsp3) is 0.562. The molecule has 0 fully saturated rings. The van der Waals surface area contributed by atoms with Crippen molar-refractivity contribution in [1.29, 1.82) is 0 Å². The van der Waals surface area contributed by atoms with Crippen LogP contribution in [0, 0.1) is 0 Å². The quantitative estimate of drug-likeness (QED) is 0.836. The van der Waals surface area contributed by atoms with Crippen molar-refractivity contribution in [3.05, 3.63) is 39.8 Å². The number of rotatable bonds is 7. The molecule has 2 rings (SSSR count). The summed E-state index contributed by atoms with van der Waals surface area (Å²) in [4.78, 5) is 1.45. The van der Waals surface area contributed by atoms with Crippen LogP contribution in [0.5, 0.6) is 0 Å². The van der Waals surface area contributed by atoms with E-state index in [0.29, 0.717) is 12.1 Å². The van der Waals surface area contributed by atoms with Crippen LogP contribution in [0.4, 0.5) is 0 Å². The molecule has 0 spiro atoms. The van der Waals surface area contributed by atoms with Crippen LogP contribution in [0.3, 0.4) is 0 Å². The Hall–Kier alpha value is -1.13. The van der Waals surface area contributed by atoms with E-state index >= 15 is 0 Å². The Balaban J connectivity index is 2.12. The first-order chi connectivity index (χ1) is 9.69. The van der Waals surface area contributed by atoms with Gasteiger partial charge in [0.2, 0.25) is 0 Å². The second kappa shape index (κ2) is 7.04. The van der Waals surface area contributed by atoms with Gasteiger partial charge in [-0.25, -0.2) is 0 Å². The molecule has 2 atom stereocenters. The largest absolute Gasteiger partial charge is 0.312 e. The zero-order chi connectivity index (χ0) is 14.5. The lowest BCUT2D eigenvalue weighted by Crippen LogP contribution is -2.19. The molecule has 3 nitrogen and oxygen atoms in total. The molecule has 0 radical (unpaired) electrons. The second-order valence-electron chi connectivity index (χ2n) is 5.25. The van der Waals surface area contributed by atoms with Crippen molar-refractivity contribution in [2.24, 2.45) is 0 Å². The van der Waals surface area contributed by atoms with Gasteiger partial charge in [0.25, 0.3) is 0 Å². The zero-order valence-corrected chi connectivity index (χ0v) is 13.7. The van der Waals surface area contributed by atoms with Crippen molar-refractivity contribution < 1.29 is 0 Å². The summed E-state index contributed by atoms with van der Waals surface area (Å²) in [5.41, 5.74) is 2.62. The molecule has 2 unspecified atom stereocenters. The number of hydrogen-bond acceptors (Lipinski definition) is 3. The van der Waals surface area contributed by atoms with Gasteiger partial charge in [0, 0.05) is 29.6 Å². The molecule has 0 bridgehead atoms. The molecule has 2 aromatic heterocycles. The molecule has 0 aromatic carbocycles. The third-order valence-corrected chi connectivity index (χ3v) is 5.02. The van der Waals surface area contributed by atoms with E-state index in [4.69, 9.17) is 5.10 Å². The van der Waals surface area contributed by atoms with Gasteiger partial charge in [0.05, 0.1) is 5.69 Å². The van der Waals surface area contributed by atoms with Crippen molar-refractivity contribution in [3.8, 4) is 0 Å². The van der Waals surface area contributed by atoms with Crippen LogP contribution in [0.2, 0.25) is 0 Å². The summed E-state index contributed by atoms with van der Waals surface area (Å²) in [6.45, 7) is 6.62. The molecule has 0 aliphatic carbocycles. The first-order valence-corrected chi connectivity index (χ1v) is 8.35. The Kier molecular flexibility index (Phi) is 5.38. The van der Waals surface area contributed by atoms with Crippen LogP contribution in [-0.2, 0) is 12.8 Å². The molecule has 0 aliphatic heterocycles. The third-order valence-electron chi connectivity index (χ3n) is 3.95. The van der Waals surface area contributed by atoms with Crippen molar-refractivity contribution >= 4 is 11.3 Å². The van der Waals surface area contributed by atoms with E-state index in [1.807, 2.05) is 18.4 Å². The van der Waals surface area contributed by atoms with Gasteiger partial charge in [0.1, 0.15) is 0 Å². The van der Waals surface area contributed by atoms with Crippen LogP contribution in [0.1, 0.15) is 55.4 Å². The SMILES string of the molecule is CCc1ccsc1C(Cc1ccn(C(C)CC)n1)NC. The summed E-state index contributed by atoms with van der Waals surface area (Å²) >= 11 is 1.85. The molecule has 1 N–H and O–H groups in total. The third kappa shape index (κ3) is 3.30. The van der Waals surface area contributed by atoms with E-state index in [9.17, 15) is 0 Å². The lowest BCUT2D eigenvalue weighted by atomic mass is 10.1. The molecule has 4 heteroatoms. The van der Waals surface area contributed by atoms with Crippen LogP contribution in [-0.4, -0.2) is 16.8 Å². The minimum atomic E-state index is 0.366. The van der Waals surface area contributed by atoms with E-state index in [2.05, 4.69) is 54.5 Å². The number of aromatic nitrogens is 2. The van der Waals surface area contributed by atoms with Gasteiger partial charge in [-0.05, 0) is 49.9 Å². The van der Waals surface area contributed by atoms with Crippen molar-refractivity contribution in [3.63, 3.8) is 0 Å². The van der Waals surface area contributed by atoms with Gasteiger partial charge in [-0.15, -0.1) is 11.3 Å². The number of likely N-dealkylation sites (N-methyl/N-ethyl adjacent to an activating group) is 1. The number of aryl methyl sites for hydroxylation is 1. The van der Waals surface area contributed by atoms with E-state index in [-0.39, 0.29) is 0 Å². The van der Waals surface area contributed by atoms with Gasteiger partial charge in [-0.3, -0.25) is 4.68 Å². The maximum atomic E-state index is 4.72. The average molecular weight is 291 g/mol. The highest BCUT2D eigenvalue weighted by molar-refractivity contribution is 7.10. The normalized spacial score (nSPS) is 14.4. The van der Waals surface area contributed by atoms with Crippen molar-refractivity contribution in [1.82, 2.24) is 15.1 Å². The highest BCUT2D eigenvalue weighted by Crippen LogP contribution is 2.27. The fourth-order valence-corrected chi connectivity index (χ4v) is 3.51. The van der Waals surface area contributed by atoms with Crippen molar-refractivity contribution in [2.75, 3.05) is 7.05 Å². The molecule has 2 heterocycles. The highest BCUT2D eigenvalue weighted by Gasteiger charge is 2.16. The number of thiophene rings is 1. The Morgan fingerprint density at radius 1 is 1.35 bits per heavy atom. The van der Waals surface area contributed by atoms with Crippen molar-refractivity contribution in [2.45, 2.75) is 52.1 Å². The van der Waals surface area contributed by atoms with Crippen LogP contribution in [0.25, 0.3) is 0 Å². The molecule has 2 aromatic rings. The number of nitrogens with zero attached hydrogens (tertiary/aromatic N) is 2. The molecule has 0 saturated carbocycles. The van der Waals surface area contributed by atoms with Gasteiger partial charge in [0.15, 0.2) is 0 Å². The predicted octanol–water partition coefficient (Wildman–Crippen LogP) is 3.98. The van der Waals surface area contributed by atoms with Crippen LogP contribution in [0.15, 0.2) is 23.7 Å². The first-order valence-electron chi connectivity index (χ1n) is 7.47. The molecular formula is C16H25N3S. The monoisotopic (exact) mass is 291 g/mol. The van der Waals surface area contributed by atoms with E-state index < -0.39 is 0 Å². The molecule has 110 valence electrons. The average Bonchev–Trinajstić information content (AvgIpc) is 3.12. The summed E-state index contributed by atoms with van der Waals surface area (Å²) in [7, 11) is 2.04. The molecule has 0 aliphatic rings. The zero-order valence-electron chi connectivity index (χ0n) is 12.9. The highest BCUT2D eigenvalue weighted by atomic mass is 32.1. The summed E-state index contributed by atoms with van der Waals surface area (Å²) in [5, 5.41) is 10.3. The van der Waals surface area contributed by atoms with E-state index in [0.717, 1.165) is 19.3 Å². The summed E-state index contributed by atoms with van der Waals surface area (Å²) in [5.74, 6) is 0. The second-order valence-corrected chi connectivity index (χ2v) is 6.20. The van der Waals surface area contributed by atoms with Gasteiger partial charge < -0.3 is 5.32 Å². The maximum absolute atomic E-state index is 4.72. The van der Waals surface area contributed by atoms with Gasteiger partial charge >= 0.3 is 0 Å². The molecule has 0 saturated heterocycles. The summed E-state index contributed by atoms with van der Waals surface area (Å²) in [6.07, 6.45) is 5.26. The van der Waals surface area contributed by atoms with Crippen LogP contribution < -0.4 is 5.32 Å². The Morgan fingerprint density at radius 2 is 2.15 bits per heavy atom. The summed E-state index contributed by atoms with van der Waals surface area (Å²) in [6, 6.07) is 5.23. The lowest BCUT2D eigenvalue weighted by Gasteiger charge is -2.15. The van der Waals surface area contributed by atoms with Gasteiger partial charge in [-0.1, -0.05) is 13.8 Å². The topological polar surface area (TPSA) is 29.9 Å².